The first-order valence-electron chi connectivity index (χ1n) is 3.78. The molecule has 2 aromatic heterocycles. The number of hydrogen-bond donors (Lipinski definition) is 1. The van der Waals surface area contributed by atoms with Gasteiger partial charge in [0.2, 0.25) is 5.91 Å². The van der Waals surface area contributed by atoms with Crippen molar-refractivity contribution >= 4 is 11.4 Å². The van der Waals surface area contributed by atoms with E-state index in [1.54, 1.807) is 29.9 Å². The van der Waals surface area contributed by atoms with Crippen molar-refractivity contribution in [2.75, 3.05) is 0 Å². The van der Waals surface area contributed by atoms with E-state index in [1.165, 1.54) is 0 Å². The van der Waals surface area contributed by atoms with Gasteiger partial charge in [-0.2, -0.15) is 5.10 Å². The van der Waals surface area contributed by atoms with Gasteiger partial charge in [0, 0.05) is 6.20 Å². The zero-order valence-corrected chi connectivity index (χ0v) is 7.06. The third-order valence-electron chi connectivity index (χ3n) is 1.75. The molecule has 13 heavy (non-hydrogen) atoms. The first-order valence-corrected chi connectivity index (χ1v) is 3.78. The molecule has 2 N–H and O–H groups in total. The standard InChI is InChI=1S/C8H8N4O/c1-5-10-3-7-2-6(8(9)13)4-12(7)11-5/h2-4H,1H3,(H2,9,13). The molecule has 0 fully saturated rings. The van der Waals surface area contributed by atoms with Crippen LogP contribution in [0.1, 0.15) is 16.2 Å². The van der Waals surface area contributed by atoms with Gasteiger partial charge in [0.1, 0.15) is 5.82 Å². The van der Waals surface area contributed by atoms with Crippen molar-refractivity contribution < 1.29 is 4.79 Å². The SMILES string of the molecule is Cc1ncc2cc(C(N)=O)cn2n1. The van der Waals surface area contributed by atoms with Crippen molar-refractivity contribution in [1.29, 1.82) is 0 Å². The van der Waals surface area contributed by atoms with Crippen LogP contribution >= 0.6 is 0 Å². The Kier molecular flexibility index (Phi) is 1.51. The van der Waals surface area contributed by atoms with Crippen molar-refractivity contribution in [3.8, 4) is 0 Å². The van der Waals surface area contributed by atoms with Crippen molar-refractivity contribution in [3.63, 3.8) is 0 Å². The van der Waals surface area contributed by atoms with Crippen molar-refractivity contribution in [1.82, 2.24) is 14.6 Å². The zero-order chi connectivity index (χ0) is 9.42. The van der Waals surface area contributed by atoms with Gasteiger partial charge in [-0.25, -0.2) is 9.50 Å². The van der Waals surface area contributed by atoms with Gasteiger partial charge in [0.25, 0.3) is 0 Å². The van der Waals surface area contributed by atoms with Crippen LogP contribution < -0.4 is 5.73 Å². The van der Waals surface area contributed by atoms with E-state index >= 15 is 0 Å². The molecule has 1 amide bonds. The smallest absolute Gasteiger partial charge is 0.250 e. The fraction of sp³-hybridized carbons (Fsp3) is 0.125. The third-order valence-corrected chi connectivity index (χ3v) is 1.75. The lowest BCUT2D eigenvalue weighted by molar-refractivity contribution is 0.100. The number of carbonyl (C=O) groups is 1. The van der Waals surface area contributed by atoms with Gasteiger partial charge < -0.3 is 5.73 Å². The zero-order valence-electron chi connectivity index (χ0n) is 7.06. The number of aryl methyl sites for hydroxylation is 1. The number of nitrogens with two attached hydrogens (primary N) is 1. The Bertz CT molecular complexity index is 474. The first-order chi connectivity index (χ1) is 6.16. The summed E-state index contributed by atoms with van der Waals surface area (Å²) in [5.41, 5.74) is 6.32. The Morgan fingerprint density at radius 2 is 2.38 bits per heavy atom. The molecule has 0 radical (unpaired) electrons. The maximum absolute atomic E-state index is 10.8. The first kappa shape index (κ1) is 7.72. The van der Waals surface area contributed by atoms with Crippen LogP contribution in [0.2, 0.25) is 0 Å². The second-order valence-electron chi connectivity index (χ2n) is 2.77. The Balaban J connectivity index is 2.68. The lowest BCUT2D eigenvalue weighted by Crippen LogP contribution is -2.09. The molecule has 5 nitrogen and oxygen atoms in total. The molecule has 0 unspecified atom stereocenters. The highest BCUT2D eigenvalue weighted by Crippen LogP contribution is 2.06. The fourth-order valence-corrected chi connectivity index (χ4v) is 1.13. The predicted molar refractivity (Wildman–Crippen MR) is 46.2 cm³/mol. The molecule has 5 heteroatoms. The van der Waals surface area contributed by atoms with Crippen molar-refractivity contribution in [2.24, 2.45) is 5.73 Å². The summed E-state index contributed by atoms with van der Waals surface area (Å²) in [4.78, 5) is 14.8. The molecule has 0 aromatic carbocycles. The van der Waals surface area contributed by atoms with E-state index in [1.807, 2.05) is 0 Å². The maximum atomic E-state index is 10.8. The third kappa shape index (κ3) is 1.24. The molecule has 0 aliphatic carbocycles. The molecule has 0 saturated carbocycles. The van der Waals surface area contributed by atoms with Gasteiger partial charge >= 0.3 is 0 Å². The molecule has 66 valence electrons. The number of hydrogen-bond acceptors (Lipinski definition) is 3. The highest BCUT2D eigenvalue weighted by Gasteiger charge is 2.04. The van der Waals surface area contributed by atoms with E-state index in [-0.39, 0.29) is 0 Å². The minimum absolute atomic E-state index is 0.444. The van der Waals surface area contributed by atoms with Crippen molar-refractivity contribution in [2.45, 2.75) is 6.92 Å². The lowest BCUT2D eigenvalue weighted by Gasteiger charge is -1.92. The van der Waals surface area contributed by atoms with Crippen LogP contribution in [0.25, 0.3) is 5.52 Å². The highest BCUT2D eigenvalue weighted by atomic mass is 16.1. The number of amides is 1. The minimum Gasteiger partial charge on any atom is -0.366 e. The molecule has 2 aromatic rings. The van der Waals surface area contributed by atoms with Crippen LogP contribution in [0.15, 0.2) is 18.5 Å². The summed E-state index contributed by atoms with van der Waals surface area (Å²) in [6, 6.07) is 1.65. The van der Waals surface area contributed by atoms with Crippen LogP contribution in [-0.4, -0.2) is 20.5 Å². The van der Waals surface area contributed by atoms with Crippen LogP contribution in [0.3, 0.4) is 0 Å². The largest absolute Gasteiger partial charge is 0.366 e. The molecule has 0 aliphatic heterocycles. The second kappa shape index (κ2) is 2.55. The molecule has 2 rings (SSSR count). The summed E-state index contributed by atoms with van der Waals surface area (Å²) in [5, 5.41) is 4.08. The van der Waals surface area contributed by atoms with Gasteiger partial charge in [-0.05, 0) is 13.0 Å². The summed E-state index contributed by atoms with van der Waals surface area (Å²) in [6.07, 6.45) is 3.24. The molecule has 2 heterocycles. The molecule has 0 spiro atoms. The average molecular weight is 176 g/mol. The second-order valence-corrected chi connectivity index (χ2v) is 2.77. The predicted octanol–water partition coefficient (Wildman–Crippen LogP) is 0.137. The van der Waals surface area contributed by atoms with Gasteiger partial charge in [-0.3, -0.25) is 4.79 Å². The molecule has 0 saturated heterocycles. The maximum Gasteiger partial charge on any atom is 0.250 e. The molecule has 0 aliphatic rings. The molecule has 0 bridgehead atoms. The summed E-state index contributed by atoms with van der Waals surface area (Å²) in [5.74, 6) is 0.197. The number of carbonyl (C=O) groups excluding carboxylic acids is 1. The Labute approximate surface area is 74.2 Å². The monoisotopic (exact) mass is 176 g/mol. The van der Waals surface area contributed by atoms with Crippen molar-refractivity contribution in [3.05, 3.63) is 29.8 Å². The van der Waals surface area contributed by atoms with Gasteiger partial charge in [-0.15, -0.1) is 0 Å². The van der Waals surface area contributed by atoms with Gasteiger partial charge in [-0.1, -0.05) is 0 Å². The number of fused-ring (bicyclic) bond motifs is 1. The van der Waals surface area contributed by atoms with E-state index in [4.69, 9.17) is 5.73 Å². The number of nitrogens with zero attached hydrogens (tertiary/aromatic N) is 3. The topological polar surface area (TPSA) is 73.3 Å². The summed E-state index contributed by atoms with van der Waals surface area (Å²) in [6.45, 7) is 1.78. The normalized spacial score (nSPS) is 10.5. The Morgan fingerprint density at radius 1 is 1.62 bits per heavy atom. The number of aromatic nitrogens is 3. The van der Waals surface area contributed by atoms with Gasteiger partial charge in [0.15, 0.2) is 0 Å². The van der Waals surface area contributed by atoms with E-state index in [0.29, 0.717) is 11.4 Å². The van der Waals surface area contributed by atoms with E-state index in [0.717, 1.165) is 5.52 Å². The molecular formula is C8H8N4O. The van der Waals surface area contributed by atoms with Crippen LogP contribution in [0.4, 0.5) is 0 Å². The minimum atomic E-state index is -0.455. The Morgan fingerprint density at radius 3 is 3.08 bits per heavy atom. The van der Waals surface area contributed by atoms with E-state index in [9.17, 15) is 4.79 Å². The van der Waals surface area contributed by atoms with E-state index in [2.05, 4.69) is 10.1 Å². The summed E-state index contributed by atoms with van der Waals surface area (Å²) < 4.78 is 1.59. The van der Waals surface area contributed by atoms with Crippen LogP contribution in [-0.2, 0) is 0 Å². The quantitative estimate of drug-likeness (QED) is 0.671. The average Bonchev–Trinajstić information content (AvgIpc) is 2.46. The Hall–Kier alpha value is -1.91. The van der Waals surface area contributed by atoms with Gasteiger partial charge in [0.05, 0.1) is 17.3 Å². The highest BCUT2D eigenvalue weighted by molar-refractivity contribution is 5.94. The molecular weight excluding hydrogens is 168 g/mol. The molecule has 0 atom stereocenters. The number of primary amides is 1. The van der Waals surface area contributed by atoms with Crippen LogP contribution in [0, 0.1) is 6.92 Å². The summed E-state index contributed by atoms with van der Waals surface area (Å²) in [7, 11) is 0. The fourth-order valence-electron chi connectivity index (χ4n) is 1.13. The lowest BCUT2D eigenvalue weighted by atomic mass is 10.3. The van der Waals surface area contributed by atoms with Crippen LogP contribution in [0.5, 0.6) is 0 Å². The van der Waals surface area contributed by atoms with E-state index < -0.39 is 5.91 Å². The number of rotatable bonds is 1. The summed E-state index contributed by atoms with van der Waals surface area (Å²) >= 11 is 0.